The second-order valence-electron chi connectivity index (χ2n) is 6.50. The van der Waals surface area contributed by atoms with Gasteiger partial charge in [-0.1, -0.05) is 47.6 Å². The molecule has 2 unspecified atom stereocenters. The zero-order valence-electron chi connectivity index (χ0n) is 14.9. The first-order valence-corrected chi connectivity index (χ1v) is 10.1. The first kappa shape index (κ1) is 25.0. The topological polar surface area (TPSA) is 114 Å². The van der Waals surface area contributed by atoms with Gasteiger partial charge in [-0.2, -0.15) is 0 Å². The molecule has 2 rings (SSSR count). The molecule has 0 saturated heterocycles. The van der Waals surface area contributed by atoms with Gasteiger partial charge in [0, 0.05) is 0 Å². The molecule has 0 aromatic carbocycles. The van der Waals surface area contributed by atoms with E-state index in [0.29, 0.717) is 0 Å². The minimum atomic E-state index is -4.23. The molecule has 0 fully saturated rings. The van der Waals surface area contributed by atoms with Crippen molar-refractivity contribution in [1.29, 1.82) is 0 Å². The van der Waals surface area contributed by atoms with Gasteiger partial charge >= 0.3 is 37.7 Å². The molecular weight excluding hydrogens is 392 g/mol. The number of hydrogen-bond acceptors (Lipinski definition) is 6. The largest absolute Gasteiger partial charge is 2.00 e. The smallest absolute Gasteiger partial charge is 0.747 e. The normalized spacial score (nSPS) is 28.9. The van der Waals surface area contributed by atoms with Crippen molar-refractivity contribution in [3.8, 4) is 0 Å². The molecule has 0 heterocycles. The van der Waals surface area contributed by atoms with Crippen LogP contribution in [0.5, 0.6) is 0 Å². The van der Waals surface area contributed by atoms with Gasteiger partial charge in [0.2, 0.25) is 0 Å². The molecule has 2 atom stereocenters. The molecule has 25 heavy (non-hydrogen) atoms. The molecule has 0 aliphatic heterocycles. The van der Waals surface area contributed by atoms with E-state index in [-0.39, 0.29) is 50.6 Å². The van der Waals surface area contributed by atoms with Gasteiger partial charge in [-0.25, -0.2) is 16.8 Å². The quantitative estimate of drug-likeness (QED) is 0.504. The Morgan fingerprint density at radius 1 is 0.800 bits per heavy atom. The minimum Gasteiger partial charge on any atom is -0.747 e. The van der Waals surface area contributed by atoms with Crippen molar-refractivity contribution < 1.29 is 25.9 Å². The third-order valence-electron chi connectivity index (χ3n) is 4.20. The zero-order chi connectivity index (χ0) is 18.8. The van der Waals surface area contributed by atoms with Crippen LogP contribution in [0, 0.1) is 0 Å². The number of allylic oxidation sites excluding steroid dienone is 6. The summed E-state index contributed by atoms with van der Waals surface area (Å²) in [7, 11) is -8.46. The van der Waals surface area contributed by atoms with Crippen LogP contribution in [-0.4, -0.2) is 73.2 Å². The molecule has 2 aliphatic rings. The van der Waals surface area contributed by atoms with Gasteiger partial charge in [-0.15, -0.1) is 0 Å². The third-order valence-corrected chi connectivity index (χ3v) is 7.09. The van der Waals surface area contributed by atoms with Gasteiger partial charge in [-0.05, 0) is 40.5 Å². The number of rotatable bonds is 2. The fourth-order valence-electron chi connectivity index (χ4n) is 1.99. The standard InChI is InChI=1S/2C8H12O3S.Ca/c2*1-7-3-5-8(2,6-4-7)12(9,10)11;/h2*3-5H,6H2,1-2H3,(H,9,10,11);/q;;+2/p-2. The molecule has 0 bridgehead atoms. The Bertz CT molecular complexity index is 751. The maximum Gasteiger partial charge on any atom is 2.00 e. The van der Waals surface area contributed by atoms with Gasteiger partial charge in [0.1, 0.15) is 20.2 Å². The summed E-state index contributed by atoms with van der Waals surface area (Å²) >= 11 is 0. The average molecular weight is 415 g/mol. The van der Waals surface area contributed by atoms with Crippen LogP contribution in [0.1, 0.15) is 40.5 Å². The van der Waals surface area contributed by atoms with Crippen LogP contribution in [0.3, 0.4) is 0 Å². The van der Waals surface area contributed by atoms with Crippen LogP contribution in [0.25, 0.3) is 0 Å². The monoisotopic (exact) mass is 414 g/mol. The zero-order valence-corrected chi connectivity index (χ0v) is 18.7. The van der Waals surface area contributed by atoms with Gasteiger partial charge in [-0.3, -0.25) is 0 Å². The molecule has 0 saturated carbocycles. The van der Waals surface area contributed by atoms with E-state index in [2.05, 4.69) is 0 Å². The van der Waals surface area contributed by atoms with Crippen molar-refractivity contribution >= 4 is 58.0 Å². The summed E-state index contributed by atoms with van der Waals surface area (Å²) < 4.78 is 62.2. The molecule has 2 aliphatic carbocycles. The van der Waals surface area contributed by atoms with Crippen molar-refractivity contribution in [2.75, 3.05) is 0 Å². The summed E-state index contributed by atoms with van der Waals surface area (Å²) in [4.78, 5) is 0. The van der Waals surface area contributed by atoms with Crippen molar-refractivity contribution in [2.24, 2.45) is 0 Å². The Kier molecular flexibility index (Phi) is 8.83. The molecule has 0 aromatic rings. The van der Waals surface area contributed by atoms with Crippen LogP contribution in [0.2, 0.25) is 0 Å². The van der Waals surface area contributed by atoms with E-state index in [4.69, 9.17) is 0 Å². The Morgan fingerprint density at radius 2 is 1.08 bits per heavy atom. The molecular formula is C16H22CaO6S2. The van der Waals surface area contributed by atoms with Crippen molar-refractivity contribution in [2.45, 2.75) is 50.0 Å². The van der Waals surface area contributed by atoms with Gasteiger partial charge in [0.25, 0.3) is 0 Å². The van der Waals surface area contributed by atoms with E-state index in [0.717, 1.165) is 11.1 Å². The summed E-state index contributed by atoms with van der Waals surface area (Å²) in [6.45, 7) is 6.62. The molecule has 0 N–H and O–H groups in total. The molecule has 0 amide bonds. The van der Waals surface area contributed by atoms with Crippen molar-refractivity contribution in [3.63, 3.8) is 0 Å². The van der Waals surface area contributed by atoms with Crippen molar-refractivity contribution in [3.05, 3.63) is 47.6 Å². The predicted octanol–water partition coefficient (Wildman–Crippen LogP) is 2.01. The Hall–Kier alpha value is 0.0397. The number of hydrogen-bond donors (Lipinski definition) is 0. The van der Waals surface area contributed by atoms with Crippen LogP contribution >= 0.6 is 0 Å². The summed E-state index contributed by atoms with van der Waals surface area (Å²) in [6, 6.07) is 0. The first-order chi connectivity index (χ1) is 10.7. The second kappa shape index (κ2) is 8.82. The maximum atomic E-state index is 10.8. The average Bonchev–Trinajstić information content (AvgIpc) is 2.44. The van der Waals surface area contributed by atoms with E-state index in [1.807, 2.05) is 13.8 Å². The van der Waals surface area contributed by atoms with Crippen LogP contribution in [0.4, 0.5) is 0 Å². The SMILES string of the molecule is CC1=CCC(C)(S(=O)(=O)[O-])C=C1.CC1=CCC(C)(S(=O)(=O)[O-])C=C1.[Ca+2]. The molecule has 0 aromatic heterocycles. The minimum absolute atomic E-state index is 0. The van der Waals surface area contributed by atoms with Gasteiger partial charge < -0.3 is 9.11 Å². The van der Waals surface area contributed by atoms with Gasteiger partial charge in [0.05, 0.1) is 9.49 Å². The van der Waals surface area contributed by atoms with E-state index < -0.39 is 29.7 Å². The fourth-order valence-corrected chi connectivity index (χ4v) is 3.03. The van der Waals surface area contributed by atoms with Crippen LogP contribution in [0.15, 0.2) is 47.6 Å². The Labute approximate surface area is 180 Å². The van der Waals surface area contributed by atoms with E-state index in [1.165, 1.54) is 26.0 Å². The summed E-state index contributed by atoms with van der Waals surface area (Å²) in [5.74, 6) is 0. The summed E-state index contributed by atoms with van der Waals surface area (Å²) in [6.07, 6.45) is 10.3. The first-order valence-electron chi connectivity index (χ1n) is 7.33. The second-order valence-corrected chi connectivity index (χ2v) is 10.2. The molecule has 6 nitrogen and oxygen atoms in total. The van der Waals surface area contributed by atoms with Crippen molar-refractivity contribution in [1.82, 2.24) is 0 Å². The van der Waals surface area contributed by atoms with E-state index in [1.54, 1.807) is 24.3 Å². The summed E-state index contributed by atoms with van der Waals surface area (Å²) in [5, 5.41) is 0. The van der Waals surface area contributed by atoms with Crippen LogP contribution in [-0.2, 0) is 20.2 Å². The molecule has 0 spiro atoms. The Balaban J connectivity index is 0.000000443. The summed E-state index contributed by atoms with van der Waals surface area (Å²) in [5.41, 5.74) is 1.99. The third kappa shape index (κ3) is 6.61. The predicted molar refractivity (Wildman–Crippen MR) is 97.0 cm³/mol. The van der Waals surface area contributed by atoms with Gasteiger partial charge in [0.15, 0.2) is 0 Å². The molecule has 136 valence electrons. The van der Waals surface area contributed by atoms with E-state index in [9.17, 15) is 25.9 Å². The Morgan fingerprint density at radius 3 is 1.24 bits per heavy atom. The maximum absolute atomic E-state index is 10.8. The fraction of sp³-hybridized carbons (Fsp3) is 0.500. The van der Waals surface area contributed by atoms with E-state index >= 15 is 0 Å². The molecule has 0 radical (unpaired) electrons. The molecule has 9 heteroatoms. The van der Waals surface area contributed by atoms with Crippen LogP contribution < -0.4 is 0 Å².